The molecule has 3 nitrogen and oxygen atoms in total. The Morgan fingerprint density at radius 3 is 2.55 bits per heavy atom. The van der Waals surface area contributed by atoms with E-state index in [-0.39, 0.29) is 11.3 Å². The lowest BCUT2D eigenvalue weighted by Gasteiger charge is -2.08. The van der Waals surface area contributed by atoms with Gasteiger partial charge in [0.15, 0.2) is 0 Å². The fourth-order valence-electron chi connectivity index (χ4n) is 2.30. The molecule has 0 aliphatic rings. The zero-order valence-electron chi connectivity index (χ0n) is 10.6. The molecule has 0 saturated carbocycles. The summed E-state index contributed by atoms with van der Waals surface area (Å²) in [5.74, 6) is 0.119. The highest BCUT2D eigenvalue weighted by Crippen LogP contribution is 2.32. The van der Waals surface area contributed by atoms with E-state index < -0.39 is 0 Å². The number of alkyl halides is 1. The molecule has 0 aliphatic carbocycles. The second kappa shape index (κ2) is 5.13. The highest BCUT2D eigenvalue weighted by Gasteiger charge is 2.10. The first-order valence-corrected chi connectivity index (χ1v) is 7.31. The van der Waals surface area contributed by atoms with Gasteiger partial charge in [0, 0.05) is 22.5 Å². The van der Waals surface area contributed by atoms with Gasteiger partial charge in [-0.05, 0) is 23.3 Å². The molecule has 3 aromatic rings. The van der Waals surface area contributed by atoms with E-state index in [0.29, 0.717) is 10.8 Å². The minimum atomic E-state index is -0.197. The third-order valence-electron chi connectivity index (χ3n) is 3.32. The number of phenolic OH excluding ortho intramolecular Hbond substituents is 1. The van der Waals surface area contributed by atoms with E-state index in [0.717, 1.165) is 16.5 Å². The molecule has 20 heavy (non-hydrogen) atoms. The Morgan fingerprint density at radius 2 is 1.85 bits per heavy atom. The molecule has 0 saturated heterocycles. The smallest absolute Gasteiger partial charge is 0.255 e. The maximum Gasteiger partial charge on any atom is 0.255 e. The maximum atomic E-state index is 11.8. The van der Waals surface area contributed by atoms with Crippen molar-refractivity contribution in [2.24, 2.45) is 0 Å². The molecule has 0 amide bonds. The van der Waals surface area contributed by atoms with Crippen molar-refractivity contribution in [3.05, 3.63) is 64.6 Å². The van der Waals surface area contributed by atoms with Crippen molar-refractivity contribution < 1.29 is 5.11 Å². The van der Waals surface area contributed by atoms with Crippen molar-refractivity contribution in [2.45, 2.75) is 5.33 Å². The number of halogens is 1. The first-order chi connectivity index (χ1) is 9.70. The average Bonchev–Trinajstić information content (AvgIpc) is 2.49. The van der Waals surface area contributed by atoms with Crippen molar-refractivity contribution in [3.8, 4) is 16.9 Å². The summed E-state index contributed by atoms with van der Waals surface area (Å²) in [7, 11) is 0. The molecule has 0 fully saturated rings. The van der Waals surface area contributed by atoms with Crippen molar-refractivity contribution in [1.82, 2.24) is 4.98 Å². The summed E-state index contributed by atoms with van der Waals surface area (Å²) < 4.78 is 0. The Bertz CT molecular complexity index is 822. The lowest BCUT2D eigenvalue weighted by Crippen LogP contribution is -2.05. The predicted octanol–water partition coefficient (Wildman–Crippen LogP) is 3.80. The number of hydrogen-bond donors (Lipinski definition) is 2. The molecular formula is C16H12BrNO2. The molecule has 0 spiro atoms. The molecule has 3 rings (SSSR count). The summed E-state index contributed by atoms with van der Waals surface area (Å²) in [5.41, 5.74) is 2.75. The second-order valence-electron chi connectivity index (χ2n) is 4.56. The number of aromatic amines is 1. The summed E-state index contributed by atoms with van der Waals surface area (Å²) in [6.07, 6.45) is 1.65. The first kappa shape index (κ1) is 12.9. The fourth-order valence-corrected chi connectivity index (χ4v) is 2.67. The number of nitrogens with one attached hydrogen (secondary N) is 1. The summed E-state index contributed by atoms with van der Waals surface area (Å²) in [5, 5.41) is 12.0. The molecule has 0 atom stereocenters. The van der Waals surface area contributed by atoms with E-state index in [9.17, 15) is 9.90 Å². The SMILES string of the molecule is O=c1[nH]cc(-c2ccc(CBr)cc2)c2c(O)cccc12. The summed E-state index contributed by atoms with van der Waals surface area (Å²) in [6.45, 7) is 0. The summed E-state index contributed by atoms with van der Waals surface area (Å²) in [6, 6.07) is 13.0. The largest absolute Gasteiger partial charge is 0.507 e. The Morgan fingerprint density at radius 1 is 1.10 bits per heavy atom. The molecule has 0 aliphatic heterocycles. The Labute approximate surface area is 124 Å². The predicted molar refractivity (Wildman–Crippen MR) is 84.3 cm³/mol. The number of phenols is 1. The van der Waals surface area contributed by atoms with Crippen LogP contribution in [0.4, 0.5) is 0 Å². The molecule has 0 unspecified atom stereocenters. The maximum absolute atomic E-state index is 11.8. The molecule has 2 N–H and O–H groups in total. The molecule has 4 heteroatoms. The molecule has 1 heterocycles. The molecule has 2 aromatic carbocycles. The number of rotatable bonds is 2. The molecule has 0 radical (unpaired) electrons. The van der Waals surface area contributed by atoms with E-state index in [1.165, 1.54) is 5.56 Å². The number of H-pyrrole nitrogens is 1. The molecule has 0 bridgehead atoms. The van der Waals surface area contributed by atoms with Crippen LogP contribution in [0.25, 0.3) is 21.9 Å². The van der Waals surface area contributed by atoms with Crippen molar-refractivity contribution in [2.75, 3.05) is 0 Å². The minimum Gasteiger partial charge on any atom is -0.507 e. The number of aromatic hydroxyl groups is 1. The van der Waals surface area contributed by atoms with Crippen LogP contribution in [0.3, 0.4) is 0 Å². The Balaban J connectivity index is 2.30. The second-order valence-corrected chi connectivity index (χ2v) is 5.12. The number of hydrogen-bond acceptors (Lipinski definition) is 2. The minimum absolute atomic E-state index is 0.119. The van der Waals surface area contributed by atoms with E-state index in [2.05, 4.69) is 20.9 Å². The van der Waals surface area contributed by atoms with Crippen LogP contribution < -0.4 is 5.56 Å². The van der Waals surface area contributed by atoms with Gasteiger partial charge in [0.05, 0.1) is 5.39 Å². The van der Waals surface area contributed by atoms with Gasteiger partial charge in [-0.25, -0.2) is 0 Å². The van der Waals surface area contributed by atoms with E-state index in [4.69, 9.17) is 0 Å². The molecular weight excluding hydrogens is 318 g/mol. The fraction of sp³-hybridized carbons (Fsp3) is 0.0625. The molecule has 1 aromatic heterocycles. The van der Waals surface area contributed by atoms with Crippen molar-refractivity contribution in [3.63, 3.8) is 0 Å². The van der Waals surface area contributed by atoms with Crippen LogP contribution in [0.5, 0.6) is 5.75 Å². The van der Waals surface area contributed by atoms with Gasteiger partial charge in [-0.15, -0.1) is 0 Å². The van der Waals surface area contributed by atoms with Gasteiger partial charge in [-0.2, -0.15) is 0 Å². The Hall–Kier alpha value is -2.07. The van der Waals surface area contributed by atoms with Crippen LogP contribution in [0.15, 0.2) is 53.5 Å². The van der Waals surface area contributed by atoms with Crippen LogP contribution in [0, 0.1) is 0 Å². The highest BCUT2D eigenvalue weighted by molar-refractivity contribution is 9.08. The van der Waals surface area contributed by atoms with Gasteiger partial charge < -0.3 is 10.1 Å². The molecule has 100 valence electrons. The van der Waals surface area contributed by atoms with Gasteiger partial charge >= 0.3 is 0 Å². The standard InChI is InChI=1S/C16H12BrNO2/c17-8-10-4-6-11(7-5-10)13-9-18-16(20)12-2-1-3-14(19)15(12)13/h1-7,9,19H,8H2,(H,18,20). The van der Waals surface area contributed by atoms with Gasteiger partial charge in [0.2, 0.25) is 0 Å². The Kier molecular flexibility index (Phi) is 3.32. The zero-order chi connectivity index (χ0) is 14.1. The van der Waals surface area contributed by atoms with Crippen molar-refractivity contribution >= 4 is 26.7 Å². The van der Waals surface area contributed by atoms with Crippen LogP contribution >= 0.6 is 15.9 Å². The van der Waals surface area contributed by atoms with Crippen LogP contribution in [-0.2, 0) is 5.33 Å². The van der Waals surface area contributed by atoms with Crippen LogP contribution in [0.1, 0.15) is 5.56 Å². The normalized spacial score (nSPS) is 10.8. The number of fused-ring (bicyclic) bond motifs is 1. The lowest BCUT2D eigenvalue weighted by atomic mass is 9.99. The van der Waals surface area contributed by atoms with Gasteiger partial charge in [-0.3, -0.25) is 4.79 Å². The third-order valence-corrected chi connectivity index (χ3v) is 3.97. The first-order valence-electron chi connectivity index (χ1n) is 6.19. The van der Waals surface area contributed by atoms with E-state index in [1.54, 1.807) is 24.4 Å². The lowest BCUT2D eigenvalue weighted by molar-refractivity contribution is 0.481. The van der Waals surface area contributed by atoms with Crippen LogP contribution in [-0.4, -0.2) is 10.1 Å². The zero-order valence-corrected chi connectivity index (χ0v) is 12.1. The van der Waals surface area contributed by atoms with Gasteiger partial charge in [-0.1, -0.05) is 46.3 Å². The van der Waals surface area contributed by atoms with E-state index >= 15 is 0 Å². The third kappa shape index (κ3) is 2.12. The number of aromatic nitrogens is 1. The monoisotopic (exact) mass is 329 g/mol. The van der Waals surface area contributed by atoms with Gasteiger partial charge in [0.25, 0.3) is 5.56 Å². The summed E-state index contributed by atoms with van der Waals surface area (Å²) >= 11 is 3.41. The quantitative estimate of drug-likeness (QED) is 0.702. The van der Waals surface area contributed by atoms with Crippen molar-refractivity contribution in [1.29, 1.82) is 0 Å². The van der Waals surface area contributed by atoms with Gasteiger partial charge in [0.1, 0.15) is 5.75 Å². The highest BCUT2D eigenvalue weighted by atomic mass is 79.9. The number of benzene rings is 2. The number of pyridine rings is 1. The summed E-state index contributed by atoms with van der Waals surface area (Å²) in [4.78, 5) is 14.6. The van der Waals surface area contributed by atoms with Crippen LogP contribution in [0.2, 0.25) is 0 Å². The topological polar surface area (TPSA) is 53.1 Å². The average molecular weight is 330 g/mol. The van der Waals surface area contributed by atoms with E-state index in [1.807, 2.05) is 24.3 Å².